The van der Waals surface area contributed by atoms with Gasteiger partial charge in [-0.1, -0.05) is 30.3 Å². The molecule has 0 saturated carbocycles. The molecule has 6 heteroatoms. The number of carbonyl (C=O) groups excluding carboxylic acids is 1. The molecule has 2 aromatic carbocycles. The van der Waals surface area contributed by atoms with Crippen LogP contribution in [-0.2, 0) is 17.9 Å². The first kappa shape index (κ1) is 19.5. The Morgan fingerprint density at radius 3 is 2.75 bits per heavy atom. The summed E-state index contributed by atoms with van der Waals surface area (Å²) in [6.45, 7) is 3.93. The lowest BCUT2D eigenvalue weighted by Crippen LogP contribution is -2.37. The van der Waals surface area contributed by atoms with Gasteiger partial charge in [0, 0.05) is 51.0 Å². The molecule has 0 atom stereocenters. The first-order valence-corrected chi connectivity index (χ1v) is 9.50. The van der Waals surface area contributed by atoms with E-state index in [9.17, 15) is 4.79 Å². The minimum Gasteiger partial charge on any atom is -0.356 e. The van der Waals surface area contributed by atoms with Crippen molar-refractivity contribution in [2.24, 2.45) is 4.99 Å². The Bertz CT molecular complexity index is 960. The van der Waals surface area contributed by atoms with Gasteiger partial charge in [0.25, 0.3) is 0 Å². The van der Waals surface area contributed by atoms with Crippen LogP contribution in [0.5, 0.6) is 0 Å². The van der Waals surface area contributed by atoms with E-state index >= 15 is 0 Å². The summed E-state index contributed by atoms with van der Waals surface area (Å²) in [6.07, 6.45) is 3.14. The van der Waals surface area contributed by atoms with Crippen molar-refractivity contribution in [3.63, 3.8) is 0 Å². The molecule has 1 heterocycles. The monoisotopic (exact) mass is 377 g/mol. The summed E-state index contributed by atoms with van der Waals surface area (Å²) >= 11 is 0. The second-order valence-electron chi connectivity index (χ2n) is 6.66. The second kappa shape index (κ2) is 9.60. The molecule has 0 fully saturated rings. The molecule has 3 rings (SSSR count). The number of hydrogen-bond donors (Lipinski definition) is 3. The quantitative estimate of drug-likeness (QED) is 0.336. The Morgan fingerprint density at radius 2 is 1.93 bits per heavy atom. The number of amides is 1. The number of para-hydroxylation sites is 1. The van der Waals surface area contributed by atoms with Crippen molar-refractivity contribution in [2.75, 3.05) is 18.9 Å². The van der Waals surface area contributed by atoms with Crippen molar-refractivity contribution < 1.29 is 4.79 Å². The molecular formula is C22H27N5O. The van der Waals surface area contributed by atoms with E-state index in [0.717, 1.165) is 36.7 Å². The van der Waals surface area contributed by atoms with Crippen LogP contribution in [0.15, 0.2) is 65.8 Å². The van der Waals surface area contributed by atoms with Gasteiger partial charge in [0.1, 0.15) is 0 Å². The number of anilines is 1. The average Bonchev–Trinajstić information content (AvgIpc) is 3.10. The Balaban J connectivity index is 1.44. The number of aromatic nitrogens is 1. The topological polar surface area (TPSA) is 70.5 Å². The van der Waals surface area contributed by atoms with E-state index in [1.807, 2.05) is 24.3 Å². The maximum Gasteiger partial charge on any atom is 0.221 e. The molecule has 28 heavy (non-hydrogen) atoms. The fourth-order valence-corrected chi connectivity index (χ4v) is 3.16. The van der Waals surface area contributed by atoms with Crippen LogP contribution in [0.2, 0.25) is 0 Å². The molecule has 0 aliphatic rings. The highest BCUT2D eigenvalue weighted by Crippen LogP contribution is 2.15. The van der Waals surface area contributed by atoms with Gasteiger partial charge in [0.05, 0.1) is 0 Å². The third kappa shape index (κ3) is 5.36. The van der Waals surface area contributed by atoms with Gasteiger partial charge < -0.3 is 20.5 Å². The summed E-state index contributed by atoms with van der Waals surface area (Å²) in [7, 11) is 1.77. The van der Waals surface area contributed by atoms with Crippen LogP contribution in [0.3, 0.4) is 0 Å². The van der Waals surface area contributed by atoms with Crippen molar-refractivity contribution in [2.45, 2.75) is 26.4 Å². The molecule has 3 N–H and O–H groups in total. The van der Waals surface area contributed by atoms with Gasteiger partial charge in [-0.2, -0.15) is 0 Å². The summed E-state index contributed by atoms with van der Waals surface area (Å²) in [5.74, 6) is 0.695. The van der Waals surface area contributed by atoms with Crippen LogP contribution in [0.1, 0.15) is 18.9 Å². The zero-order valence-corrected chi connectivity index (χ0v) is 16.4. The number of rotatable bonds is 7. The lowest BCUT2D eigenvalue weighted by molar-refractivity contribution is -0.114. The molecular weight excluding hydrogens is 350 g/mol. The number of aliphatic imine (C=N–C) groups is 1. The third-order valence-electron chi connectivity index (χ3n) is 4.48. The third-order valence-corrected chi connectivity index (χ3v) is 4.48. The van der Waals surface area contributed by atoms with E-state index in [-0.39, 0.29) is 5.91 Å². The molecule has 1 aromatic heterocycles. The number of guanidine groups is 1. The lowest BCUT2D eigenvalue weighted by atomic mass is 10.2. The number of carbonyl (C=O) groups is 1. The number of nitrogens with one attached hydrogen (secondary N) is 3. The number of nitrogens with zero attached hydrogens (tertiary/aromatic N) is 2. The molecule has 0 saturated heterocycles. The van der Waals surface area contributed by atoms with Gasteiger partial charge in [-0.3, -0.25) is 9.79 Å². The molecule has 6 nitrogen and oxygen atoms in total. The number of hydrogen-bond acceptors (Lipinski definition) is 2. The van der Waals surface area contributed by atoms with Gasteiger partial charge >= 0.3 is 0 Å². The minimum atomic E-state index is -0.0712. The van der Waals surface area contributed by atoms with Gasteiger partial charge in [-0.05, 0) is 41.6 Å². The average molecular weight is 377 g/mol. The molecule has 0 aliphatic heterocycles. The zero-order chi connectivity index (χ0) is 19.8. The summed E-state index contributed by atoms with van der Waals surface area (Å²) < 4.78 is 2.28. The van der Waals surface area contributed by atoms with Gasteiger partial charge in [-0.15, -0.1) is 0 Å². The van der Waals surface area contributed by atoms with E-state index < -0.39 is 0 Å². The minimum absolute atomic E-state index is 0.0712. The predicted molar refractivity (Wildman–Crippen MR) is 116 cm³/mol. The molecule has 0 bridgehead atoms. The summed E-state index contributed by atoms with van der Waals surface area (Å²) in [4.78, 5) is 15.5. The second-order valence-corrected chi connectivity index (χ2v) is 6.66. The molecule has 0 radical (unpaired) electrons. The Labute approximate surface area is 165 Å². The lowest BCUT2D eigenvalue weighted by Gasteiger charge is -2.13. The predicted octanol–water partition coefficient (Wildman–Crippen LogP) is 3.36. The fraction of sp³-hybridized carbons (Fsp3) is 0.273. The number of aryl methyl sites for hydroxylation is 1. The van der Waals surface area contributed by atoms with Crippen molar-refractivity contribution >= 4 is 28.5 Å². The van der Waals surface area contributed by atoms with Crippen molar-refractivity contribution in [3.8, 4) is 0 Å². The van der Waals surface area contributed by atoms with E-state index in [2.05, 4.69) is 62.0 Å². The van der Waals surface area contributed by atoms with Crippen LogP contribution in [0.25, 0.3) is 10.9 Å². The summed E-state index contributed by atoms with van der Waals surface area (Å²) in [6, 6.07) is 18.4. The van der Waals surface area contributed by atoms with Crippen LogP contribution in [0.4, 0.5) is 5.69 Å². The van der Waals surface area contributed by atoms with E-state index in [1.165, 1.54) is 17.8 Å². The number of fused-ring (bicyclic) bond motifs is 1. The fourth-order valence-electron chi connectivity index (χ4n) is 3.16. The summed E-state index contributed by atoms with van der Waals surface area (Å²) in [5.41, 5.74) is 3.14. The maximum atomic E-state index is 11.2. The SMILES string of the molecule is CN=C(NCCCn1ccc2ccccc21)NCc1cccc(NC(C)=O)c1. The van der Waals surface area contributed by atoms with Crippen molar-refractivity contribution in [3.05, 3.63) is 66.4 Å². The highest BCUT2D eigenvalue weighted by atomic mass is 16.1. The zero-order valence-electron chi connectivity index (χ0n) is 16.4. The molecule has 0 unspecified atom stereocenters. The maximum absolute atomic E-state index is 11.2. The van der Waals surface area contributed by atoms with Gasteiger partial charge in [-0.25, -0.2) is 0 Å². The highest BCUT2D eigenvalue weighted by Gasteiger charge is 2.02. The molecule has 146 valence electrons. The number of benzene rings is 2. The Hall–Kier alpha value is -3.28. The van der Waals surface area contributed by atoms with Crippen LogP contribution in [0, 0.1) is 0 Å². The van der Waals surface area contributed by atoms with Crippen LogP contribution < -0.4 is 16.0 Å². The normalized spacial score (nSPS) is 11.4. The van der Waals surface area contributed by atoms with Crippen LogP contribution >= 0.6 is 0 Å². The smallest absolute Gasteiger partial charge is 0.221 e. The first-order chi connectivity index (χ1) is 13.7. The van der Waals surface area contributed by atoms with Crippen molar-refractivity contribution in [1.29, 1.82) is 0 Å². The molecule has 0 aliphatic carbocycles. The van der Waals surface area contributed by atoms with Gasteiger partial charge in [0.15, 0.2) is 5.96 Å². The first-order valence-electron chi connectivity index (χ1n) is 9.50. The standard InChI is InChI=1S/C22H27N5O/c1-17(28)26-20-9-5-7-18(15-20)16-25-22(23-2)24-12-6-13-27-14-11-19-8-3-4-10-21(19)27/h3-5,7-11,14-15H,6,12-13,16H2,1-2H3,(H,26,28)(H2,23,24,25). The van der Waals surface area contributed by atoms with E-state index in [0.29, 0.717) is 6.54 Å². The van der Waals surface area contributed by atoms with E-state index in [1.54, 1.807) is 7.05 Å². The largest absolute Gasteiger partial charge is 0.356 e. The Morgan fingerprint density at radius 1 is 1.07 bits per heavy atom. The van der Waals surface area contributed by atoms with E-state index in [4.69, 9.17) is 0 Å². The van der Waals surface area contributed by atoms with Crippen molar-refractivity contribution in [1.82, 2.24) is 15.2 Å². The van der Waals surface area contributed by atoms with Gasteiger partial charge in [0.2, 0.25) is 5.91 Å². The molecule has 0 spiro atoms. The highest BCUT2D eigenvalue weighted by molar-refractivity contribution is 5.88. The molecule has 3 aromatic rings. The summed E-state index contributed by atoms with van der Waals surface area (Å²) in [5, 5.41) is 10.7. The van der Waals surface area contributed by atoms with Crippen LogP contribution in [-0.4, -0.2) is 30.0 Å². The molecule has 1 amide bonds. The Kier molecular flexibility index (Phi) is 6.68.